The summed E-state index contributed by atoms with van der Waals surface area (Å²) in [5.41, 5.74) is 1.39. The Kier molecular flexibility index (Phi) is 7.68. The van der Waals surface area contributed by atoms with E-state index in [4.69, 9.17) is 23.2 Å². The highest BCUT2D eigenvalue weighted by Crippen LogP contribution is 2.29. The summed E-state index contributed by atoms with van der Waals surface area (Å²) in [4.78, 5) is 25.5. The highest BCUT2D eigenvalue weighted by Gasteiger charge is 2.26. The fourth-order valence-electron chi connectivity index (χ4n) is 3.67. The molecule has 0 aliphatic heterocycles. The molecule has 8 heteroatoms. The van der Waals surface area contributed by atoms with E-state index in [1.54, 1.807) is 12.1 Å². The Balaban J connectivity index is 1.68. The zero-order valence-corrected chi connectivity index (χ0v) is 19.1. The van der Waals surface area contributed by atoms with Gasteiger partial charge in [0, 0.05) is 16.8 Å². The Morgan fingerprint density at radius 2 is 1.77 bits per heavy atom. The lowest BCUT2D eigenvalue weighted by Gasteiger charge is -2.22. The molecule has 0 unspecified atom stereocenters. The van der Waals surface area contributed by atoms with E-state index in [1.807, 2.05) is 19.9 Å². The normalized spacial score (nSPS) is 15.0. The van der Waals surface area contributed by atoms with Crippen molar-refractivity contribution in [3.05, 3.63) is 52.0 Å². The maximum atomic E-state index is 12.9. The molecule has 1 fully saturated rings. The fraction of sp³-hybridized carbons (Fsp3) is 0.391. The average molecular weight is 464 g/mol. The summed E-state index contributed by atoms with van der Waals surface area (Å²) in [5.74, 6) is -1.40. The number of phenolic OH excluding ortho intramolecular Hbond substituents is 1. The van der Waals surface area contributed by atoms with Gasteiger partial charge in [0.1, 0.15) is 11.8 Å². The average Bonchev–Trinajstić information content (AvgIpc) is 3.22. The molecule has 3 rings (SSSR count). The number of aromatic hydroxyl groups is 1. The molecule has 0 bridgehead atoms. The molecule has 2 aromatic rings. The number of hydrogen-bond donors (Lipinski definition) is 4. The highest BCUT2D eigenvalue weighted by molar-refractivity contribution is 6.34. The third-order valence-corrected chi connectivity index (χ3v) is 5.94. The van der Waals surface area contributed by atoms with Crippen LogP contribution in [0.3, 0.4) is 0 Å². The van der Waals surface area contributed by atoms with Gasteiger partial charge >= 0.3 is 0 Å². The van der Waals surface area contributed by atoms with Crippen LogP contribution in [0.15, 0.2) is 36.4 Å². The van der Waals surface area contributed by atoms with Gasteiger partial charge in [0.15, 0.2) is 0 Å². The Morgan fingerprint density at radius 1 is 1.06 bits per heavy atom. The van der Waals surface area contributed by atoms with Crippen molar-refractivity contribution < 1.29 is 14.7 Å². The van der Waals surface area contributed by atoms with Crippen molar-refractivity contribution >= 4 is 46.4 Å². The third kappa shape index (κ3) is 6.05. The van der Waals surface area contributed by atoms with Gasteiger partial charge in [0.2, 0.25) is 5.91 Å². The number of amides is 2. The number of nitrogens with one attached hydrogen (secondary N) is 3. The van der Waals surface area contributed by atoms with Crippen molar-refractivity contribution in [1.29, 1.82) is 0 Å². The molecule has 2 amide bonds. The molecular weight excluding hydrogens is 437 g/mol. The molecule has 1 aliphatic rings. The second-order valence-corrected chi connectivity index (χ2v) is 9.01. The first-order valence-corrected chi connectivity index (χ1v) is 11.2. The van der Waals surface area contributed by atoms with Crippen LogP contribution in [0.5, 0.6) is 5.75 Å². The van der Waals surface area contributed by atoms with Gasteiger partial charge in [0.25, 0.3) is 5.91 Å². The highest BCUT2D eigenvalue weighted by atomic mass is 35.5. The summed E-state index contributed by atoms with van der Waals surface area (Å²) in [6.45, 7) is 3.64. The maximum Gasteiger partial charge on any atom is 0.255 e. The SMILES string of the molecule is CC(C)[C@H](NC(=O)c1cc(Cl)ccc1O)C(=O)Nc1ccc(NC2CCCC2)cc1Cl. The lowest BCUT2D eigenvalue weighted by Crippen LogP contribution is -2.47. The van der Waals surface area contributed by atoms with Crippen molar-refractivity contribution in [1.82, 2.24) is 5.32 Å². The van der Waals surface area contributed by atoms with E-state index >= 15 is 0 Å². The molecule has 166 valence electrons. The molecule has 1 atom stereocenters. The first-order valence-electron chi connectivity index (χ1n) is 10.4. The second kappa shape index (κ2) is 10.2. The van der Waals surface area contributed by atoms with E-state index in [-0.39, 0.29) is 17.2 Å². The van der Waals surface area contributed by atoms with Crippen molar-refractivity contribution in [3.8, 4) is 5.75 Å². The number of carbonyl (C=O) groups is 2. The molecule has 0 heterocycles. The molecule has 1 saturated carbocycles. The molecular formula is C23H27Cl2N3O3. The van der Waals surface area contributed by atoms with Gasteiger partial charge in [-0.3, -0.25) is 9.59 Å². The zero-order chi connectivity index (χ0) is 22.5. The van der Waals surface area contributed by atoms with E-state index in [9.17, 15) is 14.7 Å². The van der Waals surface area contributed by atoms with Gasteiger partial charge in [0.05, 0.1) is 16.3 Å². The largest absolute Gasteiger partial charge is 0.507 e. The first kappa shape index (κ1) is 23.2. The molecule has 6 nitrogen and oxygen atoms in total. The summed E-state index contributed by atoms with van der Waals surface area (Å²) in [6.07, 6.45) is 4.76. The number of phenols is 1. The van der Waals surface area contributed by atoms with E-state index < -0.39 is 17.9 Å². The predicted molar refractivity (Wildman–Crippen MR) is 125 cm³/mol. The van der Waals surface area contributed by atoms with Crippen LogP contribution in [0, 0.1) is 5.92 Å². The van der Waals surface area contributed by atoms with Crippen molar-refractivity contribution in [2.24, 2.45) is 5.92 Å². The van der Waals surface area contributed by atoms with E-state index in [0.717, 1.165) is 18.5 Å². The number of benzene rings is 2. The van der Waals surface area contributed by atoms with Gasteiger partial charge < -0.3 is 21.1 Å². The summed E-state index contributed by atoms with van der Waals surface area (Å²) >= 11 is 12.3. The van der Waals surface area contributed by atoms with Crippen LogP contribution >= 0.6 is 23.2 Å². The van der Waals surface area contributed by atoms with Crippen LogP contribution in [0.2, 0.25) is 10.0 Å². The van der Waals surface area contributed by atoms with Crippen LogP contribution in [0.4, 0.5) is 11.4 Å². The van der Waals surface area contributed by atoms with Crippen molar-refractivity contribution in [2.45, 2.75) is 51.6 Å². The summed E-state index contributed by atoms with van der Waals surface area (Å²) in [5, 5.41) is 19.6. The van der Waals surface area contributed by atoms with Crippen LogP contribution in [-0.4, -0.2) is 29.0 Å². The quantitative estimate of drug-likeness (QED) is 0.439. The van der Waals surface area contributed by atoms with Crippen LogP contribution < -0.4 is 16.0 Å². The lowest BCUT2D eigenvalue weighted by atomic mass is 10.0. The minimum atomic E-state index is -0.835. The second-order valence-electron chi connectivity index (χ2n) is 8.17. The van der Waals surface area contributed by atoms with Crippen LogP contribution in [-0.2, 0) is 4.79 Å². The zero-order valence-electron chi connectivity index (χ0n) is 17.5. The summed E-state index contributed by atoms with van der Waals surface area (Å²) in [6, 6.07) is 9.22. The monoisotopic (exact) mass is 463 g/mol. The molecule has 0 spiro atoms. The van der Waals surface area contributed by atoms with Gasteiger partial charge in [-0.25, -0.2) is 0 Å². The molecule has 0 saturated heterocycles. The molecule has 2 aromatic carbocycles. The summed E-state index contributed by atoms with van der Waals surface area (Å²) in [7, 11) is 0. The topological polar surface area (TPSA) is 90.5 Å². The van der Waals surface area contributed by atoms with Gasteiger partial charge in [-0.15, -0.1) is 0 Å². The van der Waals surface area contributed by atoms with Gasteiger partial charge in [-0.1, -0.05) is 49.9 Å². The molecule has 0 aromatic heterocycles. The van der Waals surface area contributed by atoms with E-state index in [0.29, 0.717) is 21.8 Å². The Morgan fingerprint density at radius 3 is 2.42 bits per heavy atom. The minimum Gasteiger partial charge on any atom is -0.507 e. The fourth-order valence-corrected chi connectivity index (χ4v) is 4.07. The number of carbonyl (C=O) groups excluding carboxylic acids is 2. The van der Waals surface area contributed by atoms with Gasteiger partial charge in [-0.2, -0.15) is 0 Å². The summed E-state index contributed by atoms with van der Waals surface area (Å²) < 4.78 is 0. The predicted octanol–water partition coefficient (Wildman–Crippen LogP) is 5.45. The smallest absolute Gasteiger partial charge is 0.255 e. The number of rotatable bonds is 7. The standard InChI is InChI=1S/C23H27Cl2N3O3/c1-13(2)21(28-22(30)17-11-14(24)7-10-20(17)29)23(31)27-19-9-8-16(12-18(19)25)26-15-5-3-4-6-15/h7-13,15,21,26,29H,3-6H2,1-2H3,(H,27,31)(H,28,30)/t21-/m0/s1. The number of anilines is 2. The maximum absolute atomic E-state index is 12.9. The third-order valence-electron chi connectivity index (χ3n) is 5.39. The van der Waals surface area contributed by atoms with E-state index in [2.05, 4.69) is 16.0 Å². The Hall–Kier alpha value is -2.44. The Bertz CT molecular complexity index is 959. The minimum absolute atomic E-state index is 0.00585. The van der Waals surface area contributed by atoms with Crippen LogP contribution in [0.1, 0.15) is 49.9 Å². The lowest BCUT2D eigenvalue weighted by molar-refractivity contribution is -0.118. The molecule has 31 heavy (non-hydrogen) atoms. The van der Waals surface area contributed by atoms with Crippen LogP contribution in [0.25, 0.3) is 0 Å². The molecule has 0 radical (unpaired) electrons. The van der Waals surface area contributed by atoms with Gasteiger partial charge in [-0.05, 0) is 55.2 Å². The van der Waals surface area contributed by atoms with Crippen molar-refractivity contribution in [3.63, 3.8) is 0 Å². The molecule has 1 aliphatic carbocycles. The first-order chi connectivity index (χ1) is 14.7. The van der Waals surface area contributed by atoms with E-state index in [1.165, 1.54) is 31.0 Å². The number of halogens is 2. The Labute approximate surface area is 192 Å². The molecule has 4 N–H and O–H groups in total. The number of hydrogen-bond acceptors (Lipinski definition) is 4. The van der Waals surface area contributed by atoms with Crippen molar-refractivity contribution in [2.75, 3.05) is 10.6 Å².